The molecule has 5 nitrogen and oxygen atoms in total. The summed E-state index contributed by atoms with van der Waals surface area (Å²) in [5, 5.41) is 7.56. The molecule has 6 heteroatoms. The highest BCUT2D eigenvalue weighted by atomic mass is 19.1. The summed E-state index contributed by atoms with van der Waals surface area (Å²) in [6, 6.07) is 6.54. The van der Waals surface area contributed by atoms with Gasteiger partial charge in [-0.05, 0) is 36.3 Å². The number of aromatic nitrogens is 3. The van der Waals surface area contributed by atoms with Crippen molar-refractivity contribution in [3.8, 4) is 0 Å². The van der Waals surface area contributed by atoms with Crippen LogP contribution in [-0.2, 0) is 17.6 Å². The highest BCUT2D eigenvalue weighted by molar-refractivity contribution is 5.79. The second kappa shape index (κ2) is 7.41. The average molecular weight is 370 g/mol. The number of carbonyl (C=O) groups is 1. The van der Waals surface area contributed by atoms with Gasteiger partial charge in [-0.3, -0.25) is 9.89 Å². The Morgan fingerprint density at radius 2 is 2.11 bits per heavy atom. The third kappa shape index (κ3) is 3.49. The van der Waals surface area contributed by atoms with Crippen LogP contribution in [0.1, 0.15) is 62.2 Å². The molecule has 2 heterocycles. The highest BCUT2D eigenvalue weighted by Crippen LogP contribution is 2.52. The number of nitrogens with zero attached hydrogens (tertiary/aromatic N) is 3. The van der Waals surface area contributed by atoms with E-state index in [-0.39, 0.29) is 29.5 Å². The molecule has 2 fully saturated rings. The molecule has 1 aromatic heterocycles. The zero-order valence-corrected chi connectivity index (χ0v) is 15.9. The van der Waals surface area contributed by atoms with Crippen molar-refractivity contribution in [1.29, 1.82) is 0 Å². The van der Waals surface area contributed by atoms with E-state index in [1.807, 2.05) is 4.90 Å². The van der Waals surface area contributed by atoms with Crippen molar-refractivity contribution in [2.24, 2.45) is 5.41 Å². The van der Waals surface area contributed by atoms with Crippen molar-refractivity contribution in [3.05, 3.63) is 47.3 Å². The Hall–Kier alpha value is -2.24. The molecule has 1 spiro atoms. The molecule has 2 aliphatic rings. The normalized spacial score (nSPS) is 21.3. The number of likely N-dealkylation sites (tertiary alicyclic amines) is 1. The standard InChI is InChI=1S/C21H27FN4O/c1-2-7-18-23-20(25-24-18)16-13-26(14-21(16)10-5-6-11-21)19(27)12-15-8-3-4-9-17(15)22/h3-4,8-9,16H,2,5-7,10-14H2,1H3,(H,23,24,25). The lowest BCUT2D eigenvalue weighted by Crippen LogP contribution is -2.32. The first-order valence-corrected chi connectivity index (χ1v) is 10.0. The first-order chi connectivity index (χ1) is 13.1. The summed E-state index contributed by atoms with van der Waals surface area (Å²) < 4.78 is 14.0. The first kappa shape index (κ1) is 18.1. The van der Waals surface area contributed by atoms with Crippen LogP contribution in [0.4, 0.5) is 4.39 Å². The van der Waals surface area contributed by atoms with Gasteiger partial charge >= 0.3 is 0 Å². The minimum absolute atomic E-state index is 0.00167. The monoisotopic (exact) mass is 370 g/mol. The summed E-state index contributed by atoms with van der Waals surface area (Å²) in [4.78, 5) is 19.5. The molecular weight excluding hydrogens is 343 g/mol. The number of hydrogen-bond acceptors (Lipinski definition) is 3. The number of hydrogen-bond donors (Lipinski definition) is 1. The second-order valence-corrected chi connectivity index (χ2v) is 8.05. The third-order valence-corrected chi connectivity index (χ3v) is 6.25. The zero-order chi connectivity index (χ0) is 18.9. The smallest absolute Gasteiger partial charge is 0.227 e. The van der Waals surface area contributed by atoms with Gasteiger partial charge in [0.05, 0.1) is 6.42 Å². The van der Waals surface area contributed by atoms with Crippen molar-refractivity contribution in [3.63, 3.8) is 0 Å². The van der Waals surface area contributed by atoms with Crippen molar-refractivity contribution >= 4 is 5.91 Å². The largest absolute Gasteiger partial charge is 0.341 e. The van der Waals surface area contributed by atoms with Crippen LogP contribution in [-0.4, -0.2) is 39.1 Å². The third-order valence-electron chi connectivity index (χ3n) is 6.25. The van der Waals surface area contributed by atoms with Crippen molar-refractivity contribution in [2.45, 2.75) is 57.8 Å². The SMILES string of the molecule is CCCc1nc(C2CN(C(=O)Cc3ccccc3F)CC23CCCC3)n[nH]1. The van der Waals surface area contributed by atoms with Gasteiger partial charge in [-0.2, -0.15) is 5.10 Å². The van der Waals surface area contributed by atoms with Gasteiger partial charge in [0.25, 0.3) is 0 Å². The van der Waals surface area contributed by atoms with E-state index >= 15 is 0 Å². The molecule has 1 aliphatic heterocycles. The van der Waals surface area contributed by atoms with Crippen LogP contribution < -0.4 is 0 Å². The van der Waals surface area contributed by atoms with Crippen molar-refractivity contribution < 1.29 is 9.18 Å². The van der Waals surface area contributed by atoms with Crippen LogP contribution in [0.3, 0.4) is 0 Å². The first-order valence-electron chi connectivity index (χ1n) is 10.0. The molecule has 2 aromatic rings. The number of rotatable bonds is 5. The van der Waals surface area contributed by atoms with E-state index in [0.29, 0.717) is 12.1 Å². The van der Waals surface area contributed by atoms with Crippen LogP contribution in [0, 0.1) is 11.2 Å². The number of H-pyrrole nitrogens is 1. The Morgan fingerprint density at radius 1 is 1.33 bits per heavy atom. The quantitative estimate of drug-likeness (QED) is 0.874. The number of nitrogens with one attached hydrogen (secondary N) is 1. The zero-order valence-electron chi connectivity index (χ0n) is 15.9. The summed E-state index contributed by atoms with van der Waals surface area (Å²) in [6.45, 7) is 3.50. The molecule has 1 N–H and O–H groups in total. The fourth-order valence-corrected chi connectivity index (χ4v) is 4.83. The lowest BCUT2D eigenvalue weighted by atomic mass is 9.76. The molecule has 0 radical (unpaired) electrons. The summed E-state index contributed by atoms with van der Waals surface area (Å²) in [5.41, 5.74) is 0.547. The van der Waals surface area contributed by atoms with Crippen molar-refractivity contribution in [2.75, 3.05) is 13.1 Å². The van der Waals surface area contributed by atoms with E-state index in [1.165, 1.54) is 18.9 Å². The van der Waals surface area contributed by atoms with E-state index in [9.17, 15) is 9.18 Å². The van der Waals surface area contributed by atoms with E-state index in [1.54, 1.807) is 18.2 Å². The molecule has 1 saturated heterocycles. The van der Waals surface area contributed by atoms with Gasteiger partial charge in [-0.1, -0.05) is 38.0 Å². The Morgan fingerprint density at radius 3 is 2.85 bits per heavy atom. The number of amides is 1. The second-order valence-electron chi connectivity index (χ2n) is 8.05. The Bertz CT molecular complexity index is 812. The Kier molecular flexibility index (Phi) is 4.98. The molecule has 1 atom stereocenters. The summed E-state index contributed by atoms with van der Waals surface area (Å²) in [7, 11) is 0. The van der Waals surface area contributed by atoms with Gasteiger partial charge in [0.15, 0.2) is 5.82 Å². The predicted octanol–water partition coefficient (Wildman–Crippen LogP) is 3.63. The van der Waals surface area contributed by atoms with Crippen LogP contribution in [0.5, 0.6) is 0 Å². The van der Waals surface area contributed by atoms with E-state index < -0.39 is 0 Å². The molecule has 1 amide bonds. The molecule has 1 aromatic carbocycles. The summed E-state index contributed by atoms with van der Waals surface area (Å²) >= 11 is 0. The number of benzene rings is 1. The van der Waals surface area contributed by atoms with Crippen LogP contribution >= 0.6 is 0 Å². The predicted molar refractivity (Wildman–Crippen MR) is 101 cm³/mol. The molecule has 1 aliphatic carbocycles. The maximum atomic E-state index is 14.0. The maximum Gasteiger partial charge on any atom is 0.227 e. The van der Waals surface area contributed by atoms with Gasteiger partial charge in [0.1, 0.15) is 11.6 Å². The highest BCUT2D eigenvalue weighted by Gasteiger charge is 2.51. The molecule has 0 bridgehead atoms. The molecule has 4 rings (SSSR count). The number of aromatic amines is 1. The average Bonchev–Trinajstić information content (AvgIpc) is 3.39. The lowest BCUT2D eigenvalue weighted by Gasteiger charge is -2.27. The number of halogens is 1. The minimum atomic E-state index is -0.310. The fourth-order valence-electron chi connectivity index (χ4n) is 4.83. The topological polar surface area (TPSA) is 61.9 Å². The van der Waals surface area contributed by atoms with E-state index in [2.05, 4.69) is 17.1 Å². The lowest BCUT2D eigenvalue weighted by molar-refractivity contribution is -0.129. The molecule has 27 heavy (non-hydrogen) atoms. The molecule has 144 valence electrons. The Balaban J connectivity index is 1.54. The van der Waals surface area contributed by atoms with Gasteiger partial charge in [-0.25, -0.2) is 9.37 Å². The van der Waals surface area contributed by atoms with Crippen LogP contribution in [0.15, 0.2) is 24.3 Å². The van der Waals surface area contributed by atoms with Gasteiger partial charge in [-0.15, -0.1) is 0 Å². The van der Waals surface area contributed by atoms with Gasteiger partial charge in [0, 0.05) is 25.4 Å². The molecule has 1 saturated carbocycles. The summed E-state index contributed by atoms with van der Waals surface area (Å²) in [6.07, 6.45) is 6.64. The number of carbonyl (C=O) groups excluding carboxylic acids is 1. The van der Waals surface area contributed by atoms with E-state index in [0.717, 1.165) is 43.9 Å². The number of aryl methyl sites for hydroxylation is 1. The van der Waals surface area contributed by atoms with Crippen LogP contribution in [0.2, 0.25) is 0 Å². The van der Waals surface area contributed by atoms with Gasteiger partial charge in [0.2, 0.25) is 5.91 Å². The van der Waals surface area contributed by atoms with Crippen molar-refractivity contribution in [1.82, 2.24) is 20.1 Å². The summed E-state index contributed by atoms with van der Waals surface area (Å²) in [5.74, 6) is 1.64. The minimum Gasteiger partial charge on any atom is -0.341 e. The fraction of sp³-hybridized carbons (Fsp3) is 0.571. The Labute approximate surface area is 159 Å². The molecular formula is C21H27FN4O. The van der Waals surface area contributed by atoms with Crippen LogP contribution in [0.25, 0.3) is 0 Å². The van der Waals surface area contributed by atoms with Gasteiger partial charge < -0.3 is 4.90 Å². The van der Waals surface area contributed by atoms with E-state index in [4.69, 9.17) is 4.98 Å². The molecule has 1 unspecified atom stereocenters. The maximum absolute atomic E-state index is 14.0.